The van der Waals surface area contributed by atoms with Gasteiger partial charge in [-0.2, -0.15) is 0 Å². The molecule has 0 aromatic heterocycles. The van der Waals surface area contributed by atoms with E-state index in [1.54, 1.807) is 0 Å². The minimum Gasteiger partial charge on any atom is -0.123 e. The van der Waals surface area contributed by atoms with Crippen LogP contribution in [0.3, 0.4) is 0 Å². The maximum absolute atomic E-state index is 2.37. The van der Waals surface area contributed by atoms with Gasteiger partial charge in [-0.15, -0.1) is 11.8 Å². The van der Waals surface area contributed by atoms with Crippen molar-refractivity contribution in [1.82, 2.24) is 0 Å². The Morgan fingerprint density at radius 2 is 2.08 bits per heavy atom. The van der Waals surface area contributed by atoms with Gasteiger partial charge in [0.2, 0.25) is 0 Å². The first-order valence-corrected chi connectivity index (χ1v) is 6.57. The largest absolute Gasteiger partial charge is 0.123 e. The van der Waals surface area contributed by atoms with Gasteiger partial charge in [-0.1, -0.05) is 36.4 Å². The molecule has 0 saturated carbocycles. The molecule has 0 saturated heterocycles. The number of hydrogen-bond donors (Lipinski definition) is 0. The average Bonchev–Trinajstić information content (AvgIpc) is 2.19. The second-order valence-corrected chi connectivity index (χ2v) is 5.48. The van der Waals surface area contributed by atoms with E-state index in [9.17, 15) is 0 Å². The molecule has 1 rings (SSSR count). The highest BCUT2D eigenvalue weighted by Crippen LogP contribution is 2.20. The average molecular weight is 304 g/mol. The number of hydrogen-bond acceptors (Lipinski definition) is 1. The Kier molecular flexibility index (Phi) is 5.55. The number of aryl methyl sites for hydroxylation is 1. The zero-order chi connectivity index (χ0) is 9.52. The molecule has 0 aliphatic rings. The quantitative estimate of drug-likeness (QED) is 0.749. The van der Waals surface area contributed by atoms with Gasteiger partial charge in [-0.3, -0.25) is 0 Å². The lowest BCUT2D eigenvalue weighted by molar-refractivity contribution is 1.00. The van der Waals surface area contributed by atoms with E-state index in [0.29, 0.717) is 0 Å². The van der Waals surface area contributed by atoms with Gasteiger partial charge < -0.3 is 0 Å². The van der Waals surface area contributed by atoms with Crippen LogP contribution in [0.15, 0.2) is 39.3 Å². The maximum Gasteiger partial charge on any atom is 0.0414 e. The zero-order valence-corrected chi connectivity index (χ0v) is 10.6. The summed E-state index contributed by atoms with van der Waals surface area (Å²) in [5.41, 5.74) is 1.42. The van der Waals surface area contributed by atoms with Crippen LogP contribution >= 0.6 is 34.4 Å². The van der Waals surface area contributed by atoms with Crippen LogP contribution in [0.5, 0.6) is 0 Å². The van der Waals surface area contributed by atoms with Crippen molar-refractivity contribution in [3.05, 3.63) is 44.9 Å². The third-order valence-electron chi connectivity index (χ3n) is 1.78. The molecule has 0 radical (unpaired) electrons. The predicted octanol–water partition coefficient (Wildman–Crippen LogP) is 4.26. The summed E-state index contributed by atoms with van der Waals surface area (Å²) in [7, 11) is 0. The summed E-state index contributed by atoms with van der Waals surface area (Å²) in [5, 5.41) is 0. The van der Waals surface area contributed by atoms with E-state index in [-0.39, 0.29) is 0 Å². The number of benzene rings is 1. The van der Waals surface area contributed by atoms with Crippen LogP contribution in [0.25, 0.3) is 0 Å². The fourth-order valence-corrected chi connectivity index (χ4v) is 1.68. The summed E-state index contributed by atoms with van der Waals surface area (Å²) < 4.78 is 1.38. The van der Waals surface area contributed by atoms with Crippen molar-refractivity contribution in [2.24, 2.45) is 0 Å². The topological polar surface area (TPSA) is 0 Å². The second kappa shape index (κ2) is 6.49. The molecule has 0 bridgehead atoms. The normalized spacial score (nSPS) is 11.7. The van der Waals surface area contributed by atoms with Crippen LogP contribution in [0.1, 0.15) is 12.0 Å². The summed E-state index contributed by atoms with van der Waals surface area (Å²) in [6, 6.07) is 10.6. The minimum atomic E-state index is 1.14. The first-order chi connectivity index (χ1) is 6.33. The van der Waals surface area contributed by atoms with E-state index in [1.165, 1.54) is 8.48 Å². The maximum atomic E-state index is 2.37. The van der Waals surface area contributed by atoms with Gasteiger partial charge in [-0.25, -0.2) is 0 Å². The van der Waals surface area contributed by atoms with Gasteiger partial charge >= 0.3 is 0 Å². The first kappa shape index (κ1) is 11.1. The van der Waals surface area contributed by atoms with Crippen LogP contribution < -0.4 is 0 Å². The summed E-state index contributed by atoms with van der Waals surface area (Å²) in [6.45, 7) is 0. The van der Waals surface area contributed by atoms with Gasteiger partial charge in [0.05, 0.1) is 0 Å². The lowest BCUT2D eigenvalue weighted by Gasteiger charge is -1.97. The van der Waals surface area contributed by atoms with Gasteiger partial charge in [0.1, 0.15) is 0 Å². The Bertz CT molecular complexity index is 267. The summed E-state index contributed by atoms with van der Waals surface area (Å²) in [4.78, 5) is 0. The summed E-state index contributed by atoms with van der Waals surface area (Å²) in [6.07, 6.45) is 6.69. The Balaban J connectivity index is 2.36. The van der Waals surface area contributed by atoms with Crippen LogP contribution in [0.2, 0.25) is 0 Å². The van der Waals surface area contributed by atoms with Crippen molar-refractivity contribution in [3.8, 4) is 0 Å². The summed E-state index contributed by atoms with van der Waals surface area (Å²) in [5.74, 6) is 0. The number of allylic oxidation sites excluding steroid dienone is 1. The fraction of sp³-hybridized carbons (Fsp3) is 0.273. The van der Waals surface area contributed by atoms with Gasteiger partial charge in [0, 0.05) is 2.91 Å². The lowest BCUT2D eigenvalue weighted by Crippen LogP contribution is -1.81. The van der Waals surface area contributed by atoms with Gasteiger partial charge in [0.15, 0.2) is 0 Å². The molecule has 70 valence electrons. The third-order valence-corrected chi connectivity index (χ3v) is 4.09. The SMILES string of the molecule is CS/C(I)=C\CCc1ccccc1. The molecule has 0 aliphatic carbocycles. The fourth-order valence-electron chi connectivity index (χ4n) is 1.08. The number of halogens is 1. The smallest absolute Gasteiger partial charge is 0.0414 e. The van der Waals surface area contributed by atoms with Crippen molar-refractivity contribution < 1.29 is 0 Å². The minimum absolute atomic E-state index is 1.14. The highest BCUT2D eigenvalue weighted by Gasteiger charge is 1.90. The van der Waals surface area contributed by atoms with E-state index in [4.69, 9.17) is 0 Å². The van der Waals surface area contributed by atoms with Gasteiger partial charge in [0.25, 0.3) is 0 Å². The molecule has 1 aromatic rings. The van der Waals surface area contributed by atoms with E-state index >= 15 is 0 Å². The highest BCUT2D eigenvalue weighted by molar-refractivity contribution is 14.1. The zero-order valence-electron chi connectivity index (χ0n) is 7.66. The van der Waals surface area contributed by atoms with Crippen LogP contribution in [0.4, 0.5) is 0 Å². The molecular weight excluding hydrogens is 291 g/mol. The lowest BCUT2D eigenvalue weighted by atomic mass is 10.1. The Hall–Kier alpha value is 0.0400. The van der Waals surface area contributed by atoms with Crippen LogP contribution in [-0.2, 0) is 6.42 Å². The number of rotatable bonds is 4. The molecule has 13 heavy (non-hydrogen) atoms. The molecular formula is C11H13IS. The van der Waals surface area contributed by atoms with Crippen molar-refractivity contribution in [2.45, 2.75) is 12.8 Å². The van der Waals surface area contributed by atoms with Crippen molar-refractivity contribution in [1.29, 1.82) is 0 Å². The predicted molar refractivity (Wildman–Crippen MR) is 70.4 cm³/mol. The Labute approximate surface area is 98.0 Å². The Morgan fingerprint density at radius 3 is 2.69 bits per heavy atom. The molecule has 1 aromatic carbocycles. The highest BCUT2D eigenvalue weighted by atomic mass is 127. The van der Waals surface area contributed by atoms with E-state index in [1.807, 2.05) is 11.8 Å². The second-order valence-electron chi connectivity index (χ2n) is 2.74. The van der Waals surface area contributed by atoms with Crippen molar-refractivity contribution >= 4 is 34.4 Å². The molecule has 2 heteroatoms. The summed E-state index contributed by atoms with van der Waals surface area (Å²) >= 11 is 4.18. The molecule has 0 N–H and O–H groups in total. The number of thioether (sulfide) groups is 1. The molecule has 0 unspecified atom stereocenters. The van der Waals surface area contributed by atoms with E-state index in [2.05, 4.69) is 65.3 Å². The van der Waals surface area contributed by atoms with E-state index < -0.39 is 0 Å². The van der Waals surface area contributed by atoms with Gasteiger partial charge in [-0.05, 0) is 47.3 Å². The molecule has 0 nitrogen and oxygen atoms in total. The monoisotopic (exact) mass is 304 g/mol. The van der Waals surface area contributed by atoms with Crippen molar-refractivity contribution in [3.63, 3.8) is 0 Å². The third kappa shape index (κ3) is 4.72. The molecule has 0 aliphatic heterocycles. The van der Waals surface area contributed by atoms with Crippen LogP contribution in [-0.4, -0.2) is 6.26 Å². The molecule has 0 spiro atoms. The molecule has 0 fully saturated rings. The first-order valence-electron chi connectivity index (χ1n) is 4.26. The van der Waals surface area contributed by atoms with Crippen molar-refractivity contribution in [2.75, 3.05) is 6.26 Å². The van der Waals surface area contributed by atoms with Crippen LogP contribution in [0, 0.1) is 0 Å². The molecule has 0 heterocycles. The Morgan fingerprint density at radius 1 is 1.38 bits per heavy atom. The molecule has 0 amide bonds. The standard InChI is InChI=1S/C11H13IS/c1-13-11(12)9-5-8-10-6-3-2-4-7-10/h2-4,6-7,9H,5,8H2,1H3/b11-9-. The van der Waals surface area contributed by atoms with E-state index in [0.717, 1.165) is 12.8 Å². The molecule has 0 atom stereocenters.